The lowest BCUT2D eigenvalue weighted by Gasteiger charge is -2.41. The number of nitrogens with zero attached hydrogens (tertiary/aromatic N) is 1. The Morgan fingerprint density at radius 1 is 1.19 bits per heavy atom. The van der Waals surface area contributed by atoms with Crippen LogP contribution in [0, 0.1) is 0 Å². The first-order valence-corrected chi connectivity index (χ1v) is 9.57. The highest BCUT2D eigenvalue weighted by Crippen LogP contribution is 2.43. The zero-order valence-corrected chi connectivity index (χ0v) is 15.4. The first kappa shape index (κ1) is 18.8. The molecule has 0 aliphatic carbocycles. The van der Waals surface area contributed by atoms with E-state index in [4.69, 9.17) is 18.9 Å². The summed E-state index contributed by atoms with van der Waals surface area (Å²) in [5.74, 6) is 1.47. The lowest BCUT2D eigenvalue weighted by Crippen LogP contribution is -2.60. The number of aliphatic hydroxyl groups is 3. The van der Waals surface area contributed by atoms with Gasteiger partial charge in [0.25, 0.3) is 0 Å². The maximum atomic E-state index is 12.4. The summed E-state index contributed by atoms with van der Waals surface area (Å²) in [5, 5.41) is 29.9. The van der Waals surface area contributed by atoms with Gasteiger partial charge in [0.2, 0.25) is 12.7 Å². The van der Waals surface area contributed by atoms with Gasteiger partial charge in [0.15, 0.2) is 17.8 Å². The van der Waals surface area contributed by atoms with Gasteiger partial charge in [0.1, 0.15) is 29.8 Å². The van der Waals surface area contributed by atoms with Crippen LogP contribution in [0.3, 0.4) is 0 Å². The molecule has 0 bridgehead atoms. The Balaban J connectivity index is 1.53. The van der Waals surface area contributed by atoms with E-state index in [-0.39, 0.29) is 24.6 Å². The predicted octanol–water partition coefficient (Wildman–Crippen LogP) is -0.557. The van der Waals surface area contributed by atoms with E-state index in [0.717, 1.165) is 5.56 Å². The van der Waals surface area contributed by atoms with E-state index in [1.807, 2.05) is 12.1 Å². The molecular formula is C17H21NO8S. The number of ether oxygens (including phenoxy) is 4. The molecule has 2 fully saturated rings. The van der Waals surface area contributed by atoms with E-state index in [9.17, 15) is 20.1 Å². The van der Waals surface area contributed by atoms with Crippen molar-refractivity contribution in [3.63, 3.8) is 0 Å². The van der Waals surface area contributed by atoms with Crippen LogP contribution in [0.15, 0.2) is 18.2 Å². The second-order valence-corrected chi connectivity index (χ2v) is 7.64. The molecule has 0 radical (unpaired) electrons. The summed E-state index contributed by atoms with van der Waals surface area (Å²) in [7, 11) is 1.33. The third kappa shape index (κ3) is 3.37. The van der Waals surface area contributed by atoms with E-state index < -0.39 is 30.7 Å². The summed E-state index contributed by atoms with van der Waals surface area (Å²) in [5.41, 5.74) is 0.865. The van der Waals surface area contributed by atoms with Gasteiger partial charge < -0.3 is 39.2 Å². The molecule has 0 spiro atoms. The van der Waals surface area contributed by atoms with E-state index >= 15 is 0 Å². The summed E-state index contributed by atoms with van der Waals surface area (Å²) < 4.78 is 21.3. The molecule has 0 saturated carbocycles. The SMILES string of the molecule is CO[C@H]1O[C@H](CN2C(=O)CS[C@H]2c2ccc3c(c2)OCO3)[C@@H](O)[C@H](O)[C@H]1O. The minimum Gasteiger partial charge on any atom is -0.454 e. The molecule has 6 atom stereocenters. The number of benzene rings is 1. The lowest BCUT2D eigenvalue weighted by atomic mass is 9.98. The zero-order chi connectivity index (χ0) is 19.1. The number of carbonyl (C=O) groups is 1. The molecule has 1 amide bonds. The maximum Gasteiger partial charge on any atom is 0.233 e. The predicted molar refractivity (Wildman–Crippen MR) is 93.2 cm³/mol. The number of rotatable bonds is 4. The largest absolute Gasteiger partial charge is 0.454 e. The summed E-state index contributed by atoms with van der Waals surface area (Å²) >= 11 is 1.45. The Bertz CT molecular complexity index is 716. The fraction of sp³-hybridized carbons (Fsp3) is 0.588. The van der Waals surface area contributed by atoms with Crippen LogP contribution in [0.5, 0.6) is 11.5 Å². The Morgan fingerprint density at radius 2 is 1.96 bits per heavy atom. The van der Waals surface area contributed by atoms with Crippen LogP contribution in [0.1, 0.15) is 10.9 Å². The molecule has 3 N–H and O–H groups in total. The van der Waals surface area contributed by atoms with Crippen molar-refractivity contribution in [2.24, 2.45) is 0 Å². The van der Waals surface area contributed by atoms with Crippen molar-refractivity contribution >= 4 is 17.7 Å². The average molecular weight is 399 g/mol. The summed E-state index contributed by atoms with van der Waals surface area (Å²) in [6.45, 7) is 0.218. The number of methoxy groups -OCH3 is 1. The molecule has 148 valence electrons. The Morgan fingerprint density at radius 3 is 2.74 bits per heavy atom. The van der Waals surface area contributed by atoms with Gasteiger partial charge in [-0.1, -0.05) is 6.07 Å². The molecule has 4 rings (SSSR count). The molecule has 9 nitrogen and oxygen atoms in total. The third-order valence-corrected chi connectivity index (χ3v) is 6.18. The second kappa shape index (κ2) is 7.46. The van der Waals surface area contributed by atoms with Gasteiger partial charge in [-0.05, 0) is 17.7 Å². The summed E-state index contributed by atoms with van der Waals surface area (Å²) in [4.78, 5) is 14.0. The van der Waals surface area contributed by atoms with Gasteiger partial charge in [0, 0.05) is 7.11 Å². The highest BCUT2D eigenvalue weighted by Gasteiger charge is 2.46. The van der Waals surface area contributed by atoms with E-state index in [0.29, 0.717) is 17.3 Å². The third-order valence-electron chi connectivity index (χ3n) is 4.93. The average Bonchev–Trinajstić information content (AvgIpc) is 3.28. The minimum atomic E-state index is -1.43. The van der Waals surface area contributed by atoms with Crippen molar-refractivity contribution < 1.29 is 39.1 Å². The summed E-state index contributed by atoms with van der Waals surface area (Å²) in [6, 6.07) is 5.50. The monoisotopic (exact) mass is 399 g/mol. The standard InChI is InChI=1S/C17H21NO8S/c1-23-17-15(22)14(21)13(20)11(26-17)5-18-12(19)6-27-16(18)8-2-3-9-10(4-8)25-7-24-9/h2-4,11,13-17,20-22H,5-7H2,1H3/t11-,13-,14+,15-,16+,17+/m1/s1. The Labute approximate surface area is 159 Å². The normalized spacial score (nSPS) is 35.7. The highest BCUT2D eigenvalue weighted by molar-refractivity contribution is 8.00. The first-order chi connectivity index (χ1) is 13.0. The number of carbonyl (C=O) groups excluding carboxylic acids is 1. The summed E-state index contributed by atoms with van der Waals surface area (Å²) in [6.07, 6.45) is -6.12. The van der Waals surface area contributed by atoms with Crippen molar-refractivity contribution in [1.82, 2.24) is 4.90 Å². The van der Waals surface area contributed by atoms with Gasteiger partial charge in [0.05, 0.1) is 12.3 Å². The molecule has 0 unspecified atom stereocenters. The molecule has 10 heteroatoms. The van der Waals surface area contributed by atoms with E-state index in [1.54, 1.807) is 11.0 Å². The quantitative estimate of drug-likeness (QED) is 0.612. The maximum absolute atomic E-state index is 12.4. The number of aliphatic hydroxyl groups excluding tert-OH is 3. The first-order valence-electron chi connectivity index (χ1n) is 8.52. The molecule has 27 heavy (non-hydrogen) atoms. The molecule has 0 aromatic heterocycles. The van der Waals surface area contributed by atoms with E-state index in [2.05, 4.69) is 0 Å². The minimum absolute atomic E-state index is 0.0513. The van der Waals surface area contributed by atoms with Crippen LogP contribution >= 0.6 is 11.8 Å². The number of hydrogen-bond donors (Lipinski definition) is 3. The Kier molecular flexibility index (Phi) is 5.19. The number of hydrogen-bond acceptors (Lipinski definition) is 9. The van der Waals surface area contributed by atoms with E-state index in [1.165, 1.54) is 18.9 Å². The van der Waals surface area contributed by atoms with Crippen LogP contribution in [0.2, 0.25) is 0 Å². The molecule has 2 saturated heterocycles. The van der Waals surface area contributed by atoms with Crippen molar-refractivity contribution in [3.8, 4) is 11.5 Å². The highest BCUT2D eigenvalue weighted by atomic mass is 32.2. The molecule has 3 aliphatic rings. The van der Waals surface area contributed by atoms with Crippen LogP contribution in [0.4, 0.5) is 0 Å². The smallest absolute Gasteiger partial charge is 0.233 e. The van der Waals surface area contributed by atoms with Crippen molar-refractivity contribution in [2.45, 2.75) is 36.1 Å². The van der Waals surface area contributed by atoms with Gasteiger partial charge in [-0.2, -0.15) is 0 Å². The molecule has 1 aromatic rings. The molecular weight excluding hydrogens is 378 g/mol. The van der Waals surface area contributed by atoms with Crippen molar-refractivity contribution in [3.05, 3.63) is 23.8 Å². The van der Waals surface area contributed by atoms with Crippen molar-refractivity contribution in [2.75, 3.05) is 26.2 Å². The van der Waals surface area contributed by atoms with Crippen LogP contribution in [0.25, 0.3) is 0 Å². The number of thioether (sulfide) groups is 1. The Hall–Kier alpha value is -1.56. The molecule has 1 aromatic carbocycles. The van der Waals surface area contributed by atoms with Gasteiger partial charge in [-0.15, -0.1) is 11.8 Å². The number of fused-ring (bicyclic) bond motifs is 1. The fourth-order valence-corrected chi connectivity index (χ4v) is 4.64. The van der Waals surface area contributed by atoms with Crippen LogP contribution in [-0.4, -0.2) is 83.0 Å². The van der Waals surface area contributed by atoms with Gasteiger partial charge >= 0.3 is 0 Å². The number of amides is 1. The zero-order valence-electron chi connectivity index (χ0n) is 14.6. The fourth-order valence-electron chi connectivity index (χ4n) is 3.45. The topological polar surface area (TPSA) is 118 Å². The lowest BCUT2D eigenvalue weighted by molar-refractivity contribution is -0.291. The van der Waals surface area contributed by atoms with Gasteiger partial charge in [-0.25, -0.2) is 0 Å². The van der Waals surface area contributed by atoms with Gasteiger partial charge in [-0.3, -0.25) is 4.79 Å². The van der Waals surface area contributed by atoms with Crippen molar-refractivity contribution in [1.29, 1.82) is 0 Å². The molecule has 3 heterocycles. The van der Waals surface area contributed by atoms with Crippen LogP contribution in [-0.2, 0) is 14.3 Å². The molecule has 3 aliphatic heterocycles. The second-order valence-electron chi connectivity index (χ2n) is 6.57. The van der Waals surface area contributed by atoms with Crippen LogP contribution < -0.4 is 9.47 Å².